The number of hydrogen-bond donors (Lipinski definition) is 0. The van der Waals surface area contributed by atoms with Crippen molar-refractivity contribution in [3.8, 4) is 5.88 Å². The molecule has 2 fully saturated rings. The number of likely N-dealkylation sites (tertiary alicyclic amines) is 2. The van der Waals surface area contributed by atoms with Crippen LogP contribution in [0.5, 0.6) is 5.88 Å². The summed E-state index contributed by atoms with van der Waals surface area (Å²) in [5.41, 5.74) is 0.850. The molecule has 1 unspecified atom stereocenters. The lowest BCUT2D eigenvalue weighted by Crippen LogP contribution is -2.43. The molecule has 3 heterocycles. The molecule has 1 aromatic rings. The van der Waals surface area contributed by atoms with Crippen LogP contribution in [0.15, 0.2) is 12.1 Å². The molecule has 0 aromatic carbocycles. The van der Waals surface area contributed by atoms with E-state index in [4.69, 9.17) is 4.74 Å². The SMILES string of the molecule is CC(=O)N1CCC(C(=O)N2CCC(Oc3ccc(C)nn3)C2)CC1. The van der Waals surface area contributed by atoms with E-state index in [0.29, 0.717) is 25.5 Å². The minimum absolute atomic E-state index is 0.0248. The van der Waals surface area contributed by atoms with Gasteiger partial charge in [-0.15, -0.1) is 5.10 Å². The maximum absolute atomic E-state index is 12.7. The lowest BCUT2D eigenvalue weighted by Gasteiger charge is -2.32. The maximum atomic E-state index is 12.7. The number of aryl methyl sites for hydroxylation is 1. The van der Waals surface area contributed by atoms with E-state index in [1.807, 2.05) is 28.9 Å². The molecule has 2 saturated heterocycles. The number of hydrogen-bond acceptors (Lipinski definition) is 5. The van der Waals surface area contributed by atoms with Crippen LogP contribution in [0.4, 0.5) is 0 Å². The van der Waals surface area contributed by atoms with Crippen LogP contribution in [0.1, 0.15) is 31.9 Å². The average Bonchev–Trinajstić information content (AvgIpc) is 3.05. The molecule has 2 aliphatic heterocycles. The molecule has 0 spiro atoms. The van der Waals surface area contributed by atoms with Crippen molar-refractivity contribution in [3.63, 3.8) is 0 Å². The van der Waals surface area contributed by atoms with Crippen molar-refractivity contribution in [2.75, 3.05) is 26.2 Å². The van der Waals surface area contributed by atoms with Crippen LogP contribution in [-0.4, -0.2) is 64.1 Å². The van der Waals surface area contributed by atoms with Crippen LogP contribution in [0.2, 0.25) is 0 Å². The van der Waals surface area contributed by atoms with Crippen molar-refractivity contribution >= 4 is 11.8 Å². The first-order chi connectivity index (χ1) is 11.5. The molecule has 130 valence electrons. The standard InChI is InChI=1S/C17H24N4O3/c1-12-3-4-16(19-18-12)24-15-7-10-21(11-15)17(23)14-5-8-20(9-6-14)13(2)22/h3-4,14-15H,5-11H2,1-2H3. The number of amides is 2. The van der Waals surface area contributed by atoms with Gasteiger partial charge in [0, 0.05) is 45.0 Å². The Morgan fingerprint density at radius 2 is 1.79 bits per heavy atom. The number of carbonyl (C=O) groups excluding carboxylic acids is 2. The number of piperidine rings is 1. The molecule has 0 aliphatic carbocycles. The molecule has 0 N–H and O–H groups in total. The van der Waals surface area contributed by atoms with E-state index in [0.717, 1.165) is 31.5 Å². The Bertz CT molecular complexity index is 596. The molecular formula is C17H24N4O3. The van der Waals surface area contributed by atoms with Gasteiger partial charge in [-0.1, -0.05) is 0 Å². The van der Waals surface area contributed by atoms with E-state index in [9.17, 15) is 9.59 Å². The number of ether oxygens (including phenoxy) is 1. The van der Waals surface area contributed by atoms with E-state index in [-0.39, 0.29) is 23.8 Å². The van der Waals surface area contributed by atoms with Gasteiger partial charge < -0.3 is 14.5 Å². The van der Waals surface area contributed by atoms with Gasteiger partial charge in [-0.2, -0.15) is 5.10 Å². The van der Waals surface area contributed by atoms with Crippen molar-refractivity contribution < 1.29 is 14.3 Å². The van der Waals surface area contributed by atoms with Gasteiger partial charge in [-0.05, 0) is 25.8 Å². The molecule has 24 heavy (non-hydrogen) atoms. The second-order valence-electron chi connectivity index (χ2n) is 6.61. The smallest absolute Gasteiger partial charge is 0.233 e. The summed E-state index contributed by atoms with van der Waals surface area (Å²) in [4.78, 5) is 27.7. The second-order valence-corrected chi connectivity index (χ2v) is 6.61. The Kier molecular flexibility index (Phi) is 4.97. The maximum Gasteiger partial charge on any atom is 0.233 e. The summed E-state index contributed by atoms with van der Waals surface area (Å²) in [7, 11) is 0. The largest absolute Gasteiger partial charge is 0.471 e. The van der Waals surface area contributed by atoms with Crippen molar-refractivity contribution in [1.82, 2.24) is 20.0 Å². The molecule has 0 saturated carbocycles. The molecule has 3 rings (SSSR count). The molecule has 2 aliphatic rings. The van der Waals surface area contributed by atoms with Crippen LogP contribution in [0.3, 0.4) is 0 Å². The quantitative estimate of drug-likeness (QED) is 0.826. The Hall–Kier alpha value is -2.18. The second kappa shape index (κ2) is 7.15. The van der Waals surface area contributed by atoms with Crippen molar-refractivity contribution in [3.05, 3.63) is 17.8 Å². The van der Waals surface area contributed by atoms with Gasteiger partial charge in [0.25, 0.3) is 0 Å². The van der Waals surface area contributed by atoms with Gasteiger partial charge in [0.15, 0.2) is 0 Å². The normalized spacial score (nSPS) is 21.8. The van der Waals surface area contributed by atoms with Crippen LogP contribution in [-0.2, 0) is 9.59 Å². The molecule has 1 aromatic heterocycles. The zero-order valence-electron chi connectivity index (χ0n) is 14.3. The van der Waals surface area contributed by atoms with Crippen molar-refractivity contribution in [1.29, 1.82) is 0 Å². The highest BCUT2D eigenvalue weighted by molar-refractivity contribution is 5.80. The van der Waals surface area contributed by atoms with E-state index < -0.39 is 0 Å². The fourth-order valence-corrected chi connectivity index (χ4v) is 3.34. The fraction of sp³-hybridized carbons (Fsp3) is 0.647. The Morgan fingerprint density at radius 1 is 1.08 bits per heavy atom. The van der Waals surface area contributed by atoms with E-state index in [1.165, 1.54) is 0 Å². The third-order valence-electron chi connectivity index (χ3n) is 4.81. The number of rotatable bonds is 3. The van der Waals surface area contributed by atoms with Gasteiger partial charge in [0.05, 0.1) is 12.2 Å². The molecule has 0 radical (unpaired) electrons. The molecule has 0 bridgehead atoms. The third-order valence-corrected chi connectivity index (χ3v) is 4.81. The minimum Gasteiger partial charge on any atom is -0.471 e. The Balaban J connectivity index is 1.49. The van der Waals surface area contributed by atoms with E-state index >= 15 is 0 Å². The topological polar surface area (TPSA) is 75.6 Å². The van der Waals surface area contributed by atoms with Gasteiger partial charge in [0.2, 0.25) is 17.7 Å². The molecule has 7 heteroatoms. The predicted molar refractivity (Wildman–Crippen MR) is 87.4 cm³/mol. The van der Waals surface area contributed by atoms with Gasteiger partial charge in [-0.3, -0.25) is 9.59 Å². The Labute approximate surface area is 142 Å². The zero-order valence-corrected chi connectivity index (χ0v) is 14.3. The summed E-state index contributed by atoms with van der Waals surface area (Å²) in [6, 6.07) is 3.67. The van der Waals surface area contributed by atoms with Crippen LogP contribution in [0, 0.1) is 12.8 Å². The van der Waals surface area contributed by atoms with Crippen LogP contribution >= 0.6 is 0 Å². The predicted octanol–water partition coefficient (Wildman–Crippen LogP) is 1.02. The first-order valence-electron chi connectivity index (χ1n) is 8.54. The highest BCUT2D eigenvalue weighted by Gasteiger charge is 2.34. The third kappa shape index (κ3) is 3.83. The Morgan fingerprint density at radius 3 is 2.42 bits per heavy atom. The van der Waals surface area contributed by atoms with Crippen LogP contribution in [0.25, 0.3) is 0 Å². The summed E-state index contributed by atoms with van der Waals surface area (Å²) in [5, 5.41) is 8.00. The van der Waals surface area contributed by atoms with Crippen molar-refractivity contribution in [2.24, 2.45) is 5.92 Å². The molecule has 7 nitrogen and oxygen atoms in total. The average molecular weight is 332 g/mol. The summed E-state index contributed by atoms with van der Waals surface area (Å²) in [5.74, 6) is 0.821. The van der Waals surface area contributed by atoms with Gasteiger partial charge in [-0.25, -0.2) is 0 Å². The van der Waals surface area contributed by atoms with Gasteiger partial charge >= 0.3 is 0 Å². The van der Waals surface area contributed by atoms with Gasteiger partial charge in [0.1, 0.15) is 6.10 Å². The summed E-state index contributed by atoms with van der Waals surface area (Å²) in [6.07, 6.45) is 2.30. The molecule has 2 amide bonds. The summed E-state index contributed by atoms with van der Waals surface area (Å²) >= 11 is 0. The van der Waals surface area contributed by atoms with E-state index in [2.05, 4.69) is 10.2 Å². The first kappa shape index (κ1) is 16.7. The monoisotopic (exact) mass is 332 g/mol. The summed E-state index contributed by atoms with van der Waals surface area (Å²) in [6.45, 7) is 6.14. The fourth-order valence-electron chi connectivity index (χ4n) is 3.34. The number of aromatic nitrogens is 2. The summed E-state index contributed by atoms with van der Waals surface area (Å²) < 4.78 is 5.83. The molecular weight excluding hydrogens is 308 g/mol. The number of nitrogens with zero attached hydrogens (tertiary/aromatic N) is 4. The van der Waals surface area contributed by atoms with E-state index in [1.54, 1.807) is 6.92 Å². The molecule has 1 atom stereocenters. The first-order valence-corrected chi connectivity index (χ1v) is 8.54. The lowest BCUT2D eigenvalue weighted by molar-refractivity contribution is -0.139. The minimum atomic E-state index is -0.0248. The van der Waals surface area contributed by atoms with Crippen molar-refractivity contribution in [2.45, 2.75) is 39.2 Å². The van der Waals surface area contributed by atoms with Crippen LogP contribution < -0.4 is 4.74 Å². The lowest BCUT2D eigenvalue weighted by atomic mass is 9.95. The highest BCUT2D eigenvalue weighted by Crippen LogP contribution is 2.23. The zero-order chi connectivity index (χ0) is 17.1. The number of carbonyl (C=O) groups is 2. The highest BCUT2D eigenvalue weighted by atomic mass is 16.5.